The molecule has 0 radical (unpaired) electrons. The second kappa shape index (κ2) is 6.64. The van der Waals surface area contributed by atoms with Crippen LogP contribution in [0.1, 0.15) is 13.8 Å². The van der Waals surface area contributed by atoms with E-state index in [-0.39, 0.29) is 11.8 Å². The Labute approximate surface area is 107 Å². The number of nitrogens with one attached hydrogen (secondary N) is 1. The van der Waals surface area contributed by atoms with Crippen LogP contribution in [-0.4, -0.2) is 30.1 Å². The van der Waals surface area contributed by atoms with Gasteiger partial charge in [0.15, 0.2) is 0 Å². The van der Waals surface area contributed by atoms with Crippen molar-refractivity contribution in [1.82, 2.24) is 10.2 Å². The van der Waals surface area contributed by atoms with Crippen LogP contribution in [0.15, 0.2) is 36.7 Å². The molecule has 2 amide bonds. The summed E-state index contributed by atoms with van der Waals surface area (Å²) in [6.07, 6.45) is 9.85. The van der Waals surface area contributed by atoms with E-state index in [0.29, 0.717) is 0 Å². The van der Waals surface area contributed by atoms with Crippen LogP contribution in [0.4, 0.5) is 4.79 Å². The van der Waals surface area contributed by atoms with Crippen LogP contribution < -0.4 is 5.32 Å². The molecular formula is C13H18N2O3. The van der Waals surface area contributed by atoms with Gasteiger partial charge in [0.25, 0.3) is 5.91 Å². The van der Waals surface area contributed by atoms with E-state index in [9.17, 15) is 9.59 Å². The van der Waals surface area contributed by atoms with E-state index in [4.69, 9.17) is 0 Å². The molecule has 18 heavy (non-hydrogen) atoms. The maximum atomic E-state index is 12.3. The van der Waals surface area contributed by atoms with Gasteiger partial charge >= 0.3 is 6.09 Å². The lowest BCUT2D eigenvalue weighted by Gasteiger charge is -2.24. The van der Waals surface area contributed by atoms with Gasteiger partial charge in [0, 0.05) is 12.4 Å². The fourth-order valence-corrected chi connectivity index (χ4v) is 1.47. The summed E-state index contributed by atoms with van der Waals surface area (Å²) in [7, 11) is 1.27. The standard InChI is InChI=1S/C13H18N2O3/c1-10(2)11(14-13(17)18-3)12(16)15-8-6-4-5-7-9-15/h4-11H,1-3H3,(H,14,17). The van der Waals surface area contributed by atoms with Gasteiger partial charge in [-0.05, 0) is 18.1 Å². The molecule has 1 aliphatic heterocycles. The molecule has 1 N–H and O–H groups in total. The monoisotopic (exact) mass is 250 g/mol. The SMILES string of the molecule is COC(=O)NC(C(=O)N1C=CC=CC=C1)C(C)C. The van der Waals surface area contributed by atoms with Gasteiger partial charge in [-0.15, -0.1) is 0 Å². The van der Waals surface area contributed by atoms with Crippen molar-refractivity contribution in [3.63, 3.8) is 0 Å². The highest BCUT2D eigenvalue weighted by atomic mass is 16.5. The van der Waals surface area contributed by atoms with Gasteiger partial charge in [-0.1, -0.05) is 26.0 Å². The number of hydrogen-bond acceptors (Lipinski definition) is 3. The van der Waals surface area contributed by atoms with Crippen molar-refractivity contribution in [1.29, 1.82) is 0 Å². The largest absolute Gasteiger partial charge is 0.453 e. The number of carbonyl (C=O) groups excluding carboxylic acids is 2. The summed E-state index contributed by atoms with van der Waals surface area (Å²) in [6.45, 7) is 3.73. The summed E-state index contributed by atoms with van der Waals surface area (Å²) in [5, 5.41) is 2.54. The molecule has 0 aromatic carbocycles. The lowest BCUT2D eigenvalue weighted by molar-refractivity contribution is -0.129. The normalized spacial score (nSPS) is 15.4. The molecule has 1 aliphatic rings. The molecule has 0 saturated carbocycles. The molecule has 0 bridgehead atoms. The van der Waals surface area contributed by atoms with Gasteiger partial charge in [0.1, 0.15) is 6.04 Å². The first-order valence-electron chi connectivity index (χ1n) is 5.74. The van der Waals surface area contributed by atoms with Crippen LogP contribution in [0.5, 0.6) is 0 Å². The first-order chi connectivity index (χ1) is 8.56. The van der Waals surface area contributed by atoms with Crippen molar-refractivity contribution in [3.8, 4) is 0 Å². The molecule has 1 atom stereocenters. The van der Waals surface area contributed by atoms with E-state index in [1.807, 2.05) is 26.0 Å². The zero-order chi connectivity index (χ0) is 13.5. The van der Waals surface area contributed by atoms with E-state index < -0.39 is 12.1 Å². The van der Waals surface area contributed by atoms with Gasteiger partial charge < -0.3 is 10.1 Å². The van der Waals surface area contributed by atoms with Gasteiger partial charge in [-0.2, -0.15) is 0 Å². The molecule has 5 nitrogen and oxygen atoms in total. The Hall–Kier alpha value is -2.04. The summed E-state index contributed by atoms with van der Waals surface area (Å²) in [5.74, 6) is -0.235. The van der Waals surface area contributed by atoms with Crippen molar-refractivity contribution in [2.75, 3.05) is 7.11 Å². The number of ether oxygens (including phenoxy) is 1. The quantitative estimate of drug-likeness (QED) is 0.830. The predicted octanol–water partition coefficient (Wildman–Crippen LogP) is 1.79. The third-order valence-electron chi connectivity index (χ3n) is 2.47. The lowest BCUT2D eigenvalue weighted by Crippen LogP contribution is -2.48. The highest BCUT2D eigenvalue weighted by molar-refractivity contribution is 5.87. The molecule has 0 spiro atoms. The molecule has 98 valence electrons. The summed E-state index contributed by atoms with van der Waals surface area (Å²) in [4.78, 5) is 24.9. The molecule has 5 heteroatoms. The average molecular weight is 250 g/mol. The predicted molar refractivity (Wildman–Crippen MR) is 68.4 cm³/mol. The first-order valence-corrected chi connectivity index (χ1v) is 5.74. The van der Waals surface area contributed by atoms with Gasteiger partial charge in [0.05, 0.1) is 7.11 Å². The molecule has 1 heterocycles. The van der Waals surface area contributed by atoms with Crippen LogP contribution in [0, 0.1) is 5.92 Å². The molecule has 0 aromatic heterocycles. The number of allylic oxidation sites excluding steroid dienone is 4. The van der Waals surface area contributed by atoms with Crippen molar-refractivity contribution in [2.24, 2.45) is 5.92 Å². The highest BCUT2D eigenvalue weighted by Crippen LogP contribution is 2.09. The fraction of sp³-hybridized carbons (Fsp3) is 0.385. The maximum absolute atomic E-state index is 12.3. The number of rotatable bonds is 3. The minimum Gasteiger partial charge on any atom is -0.453 e. The van der Waals surface area contributed by atoms with Crippen LogP contribution in [0.25, 0.3) is 0 Å². The molecule has 0 saturated heterocycles. The van der Waals surface area contributed by atoms with E-state index >= 15 is 0 Å². The molecular weight excluding hydrogens is 232 g/mol. The Balaban J connectivity index is 2.79. The van der Waals surface area contributed by atoms with Crippen LogP contribution >= 0.6 is 0 Å². The number of nitrogens with zero attached hydrogens (tertiary/aromatic N) is 1. The number of hydrogen-bond donors (Lipinski definition) is 1. The number of amides is 2. The zero-order valence-corrected chi connectivity index (χ0v) is 10.8. The number of alkyl carbamates (subject to hydrolysis) is 1. The summed E-state index contributed by atoms with van der Waals surface area (Å²) >= 11 is 0. The highest BCUT2D eigenvalue weighted by Gasteiger charge is 2.27. The number of carbonyl (C=O) groups is 2. The Morgan fingerprint density at radius 1 is 1.11 bits per heavy atom. The second-order valence-corrected chi connectivity index (χ2v) is 4.17. The van der Waals surface area contributed by atoms with E-state index in [2.05, 4.69) is 10.1 Å². The van der Waals surface area contributed by atoms with E-state index in [1.54, 1.807) is 24.6 Å². The maximum Gasteiger partial charge on any atom is 0.407 e. The third-order valence-corrected chi connectivity index (χ3v) is 2.47. The Kier molecular flexibility index (Phi) is 5.17. The van der Waals surface area contributed by atoms with Crippen molar-refractivity contribution >= 4 is 12.0 Å². The van der Waals surface area contributed by atoms with Crippen LogP contribution in [-0.2, 0) is 9.53 Å². The minimum atomic E-state index is -0.621. The molecule has 0 aliphatic carbocycles. The average Bonchev–Trinajstić information content (AvgIpc) is 2.63. The lowest BCUT2D eigenvalue weighted by atomic mass is 10.0. The van der Waals surface area contributed by atoms with Crippen LogP contribution in [0.3, 0.4) is 0 Å². The van der Waals surface area contributed by atoms with E-state index in [0.717, 1.165) is 0 Å². The fourth-order valence-electron chi connectivity index (χ4n) is 1.47. The second-order valence-electron chi connectivity index (χ2n) is 4.17. The van der Waals surface area contributed by atoms with Crippen molar-refractivity contribution in [2.45, 2.75) is 19.9 Å². The first kappa shape index (κ1) is 14.0. The molecule has 0 aromatic rings. The molecule has 1 rings (SSSR count). The van der Waals surface area contributed by atoms with Gasteiger partial charge in [-0.3, -0.25) is 9.69 Å². The number of methoxy groups -OCH3 is 1. The topological polar surface area (TPSA) is 58.6 Å². The Morgan fingerprint density at radius 2 is 1.67 bits per heavy atom. The van der Waals surface area contributed by atoms with Crippen molar-refractivity contribution in [3.05, 3.63) is 36.7 Å². The third kappa shape index (κ3) is 3.76. The zero-order valence-electron chi connectivity index (χ0n) is 10.8. The summed E-state index contributed by atoms with van der Waals surface area (Å²) in [6, 6.07) is -0.621. The van der Waals surface area contributed by atoms with Gasteiger partial charge in [0.2, 0.25) is 0 Å². The van der Waals surface area contributed by atoms with Crippen LogP contribution in [0.2, 0.25) is 0 Å². The Morgan fingerprint density at radius 3 is 2.11 bits per heavy atom. The Bertz CT molecular complexity index is 381. The van der Waals surface area contributed by atoms with E-state index in [1.165, 1.54) is 12.0 Å². The molecule has 1 unspecified atom stereocenters. The van der Waals surface area contributed by atoms with Crippen molar-refractivity contribution < 1.29 is 14.3 Å². The summed E-state index contributed by atoms with van der Waals surface area (Å²) in [5.41, 5.74) is 0. The smallest absolute Gasteiger partial charge is 0.407 e. The summed E-state index contributed by atoms with van der Waals surface area (Å²) < 4.78 is 4.52. The van der Waals surface area contributed by atoms with Gasteiger partial charge in [-0.25, -0.2) is 4.79 Å². The molecule has 0 fully saturated rings. The minimum absolute atomic E-state index is 0.0328.